The maximum atomic E-state index is 5.24. The summed E-state index contributed by atoms with van der Waals surface area (Å²) < 4.78 is 5.24. The fourth-order valence-electron chi connectivity index (χ4n) is 2.28. The van der Waals surface area contributed by atoms with Crippen LogP contribution in [-0.2, 0) is 4.74 Å². The van der Waals surface area contributed by atoms with Crippen LogP contribution in [0.2, 0.25) is 0 Å². The highest BCUT2D eigenvalue weighted by atomic mass is 16.5. The van der Waals surface area contributed by atoms with Crippen molar-refractivity contribution in [3.8, 4) is 0 Å². The maximum Gasteiger partial charge on any atom is 0.0589 e. The van der Waals surface area contributed by atoms with Crippen molar-refractivity contribution in [3.05, 3.63) is 35.9 Å². The Hall–Kier alpha value is -0.900. The molecule has 3 nitrogen and oxygen atoms in total. The number of nitrogens with zero attached hydrogens (tertiary/aromatic N) is 1. The molecule has 1 rings (SSSR count). The lowest BCUT2D eigenvalue weighted by molar-refractivity contribution is 0.119. The fraction of sp³-hybridized carbons (Fsp3) is 0.647. The lowest BCUT2D eigenvalue weighted by Gasteiger charge is -2.33. The van der Waals surface area contributed by atoms with E-state index >= 15 is 0 Å². The molecule has 0 saturated heterocycles. The SMILES string of the molecule is CCN(CCOC)C(CNC(C)(C)C)c1ccccc1. The summed E-state index contributed by atoms with van der Waals surface area (Å²) in [5, 5.41) is 3.63. The van der Waals surface area contributed by atoms with E-state index in [1.165, 1.54) is 5.56 Å². The molecule has 0 saturated carbocycles. The summed E-state index contributed by atoms with van der Waals surface area (Å²) in [5.74, 6) is 0. The van der Waals surface area contributed by atoms with Gasteiger partial charge in [-0.05, 0) is 32.9 Å². The molecule has 20 heavy (non-hydrogen) atoms. The van der Waals surface area contributed by atoms with Crippen molar-refractivity contribution in [2.24, 2.45) is 0 Å². The van der Waals surface area contributed by atoms with Crippen LogP contribution >= 0.6 is 0 Å². The van der Waals surface area contributed by atoms with E-state index in [1.54, 1.807) is 7.11 Å². The van der Waals surface area contributed by atoms with E-state index in [1.807, 2.05) is 0 Å². The first kappa shape index (κ1) is 17.2. The number of hydrogen-bond donors (Lipinski definition) is 1. The molecule has 0 heterocycles. The van der Waals surface area contributed by atoms with E-state index in [4.69, 9.17) is 4.74 Å². The zero-order valence-corrected chi connectivity index (χ0v) is 13.6. The average Bonchev–Trinajstić information content (AvgIpc) is 2.42. The molecule has 1 N–H and O–H groups in total. The molecule has 1 atom stereocenters. The number of benzene rings is 1. The van der Waals surface area contributed by atoms with Gasteiger partial charge in [0.2, 0.25) is 0 Å². The van der Waals surface area contributed by atoms with Crippen LogP contribution in [0.5, 0.6) is 0 Å². The molecular weight excluding hydrogens is 248 g/mol. The zero-order chi connectivity index (χ0) is 15.0. The topological polar surface area (TPSA) is 24.5 Å². The van der Waals surface area contributed by atoms with Gasteiger partial charge >= 0.3 is 0 Å². The summed E-state index contributed by atoms with van der Waals surface area (Å²) >= 11 is 0. The van der Waals surface area contributed by atoms with Gasteiger partial charge in [-0.3, -0.25) is 4.90 Å². The van der Waals surface area contributed by atoms with Gasteiger partial charge in [-0.25, -0.2) is 0 Å². The molecule has 0 bridgehead atoms. The van der Waals surface area contributed by atoms with Crippen molar-refractivity contribution in [2.75, 3.05) is 33.4 Å². The van der Waals surface area contributed by atoms with Crippen LogP contribution in [0.3, 0.4) is 0 Å². The van der Waals surface area contributed by atoms with Crippen LogP contribution in [0.4, 0.5) is 0 Å². The molecule has 0 spiro atoms. The minimum absolute atomic E-state index is 0.133. The number of nitrogens with one attached hydrogen (secondary N) is 1. The third-order valence-electron chi connectivity index (χ3n) is 3.44. The van der Waals surface area contributed by atoms with Gasteiger partial charge in [0.15, 0.2) is 0 Å². The zero-order valence-electron chi connectivity index (χ0n) is 13.6. The van der Waals surface area contributed by atoms with Crippen molar-refractivity contribution in [2.45, 2.75) is 39.3 Å². The Morgan fingerprint density at radius 2 is 1.85 bits per heavy atom. The highest BCUT2D eigenvalue weighted by molar-refractivity contribution is 5.19. The summed E-state index contributed by atoms with van der Waals surface area (Å²) in [6.45, 7) is 12.5. The van der Waals surface area contributed by atoms with Crippen molar-refractivity contribution in [1.82, 2.24) is 10.2 Å². The molecule has 0 aliphatic carbocycles. The molecule has 114 valence electrons. The molecule has 0 aliphatic rings. The van der Waals surface area contributed by atoms with E-state index in [-0.39, 0.29) is 5.54 Å². The van der Waals surface area contributed by atoms with Crippen LogP contribution in [-0.4, -0.2) is 43.8 Å². The van der Waals surface area contributed by atoms with E-state index < -0.39 is 0 Å². The summed E-state index contributed by atoms with van der Waals surface area (Å²) in [6.07, 6.45) is 0. The van der Waals surface area contributed by atoms with Gasteiger partial charge < -0.3 is 10.1 Å². The fourth-order valence-corrected chi connectivity index (χ4v) is 2.28. The molecule has 0 radical (unpaired) electrons. The molecule has 0 fully saturated rings. The van der Waals surface area contributed by atoms with E-state index in [2.05, 4.69) is 68.2 Å². The van der Waals surface area contributed by atoms with E-state index in [9.17, 15) is 0 Å². The van der Waals surface area contributed by atoms with Crippen LogP contribution in [0.1, 0.15) is 39.3 Å². The second-order valence-electron chi connectivity index (χ2n) is 6.18. The normalized spacial score (nSPS) is 13.7. The van der Waals surface area contributed by atoms with Gasteiger partial charge in [0.25, 0.3) is 0 Å². The van der Waals surface area contributed by atoms with Crippen molar-refractivity contribution < 1.29 is 4.74 Å². The third kappa shape index (κ3) is 6.04. The second kappa shape index (κ2) is 8.40. The first-order valence-electron chi connectivity index (χ1n) is 7.51. The molecule has 0 aliphatic heterocycles. The predicted octanol–water partition coefficient (Wildman–Crippen LogP) is 3.08. The third-order valence-corrected chi connectivity index (χ3v) is 3.44. The molecule has 1 aromatic carbocycles. The Balaban J connectivity index is 2.82. The van der Waals surface area contributed by atoms with E-state index in [0.29, 0.717) is 6.04 Å². The molecule has 1 unspecified atom stereocenters. The first-order valence-corrected chi connectivity index (χ1v) is 7.51. The van der Waals surface area contributed by atoms with Crippen LogP contribution in [0.15, 0.2) is 30.3 Å². The molecular formula is C17H30N2O. The van der Waals surface area contributed by atoms with Crippen LogP contribution < -0.4 is 5.32 Å². The Morgan fingerprint density at radius 1 is 1.20 bits per heavy atom. The summed E-state index contributed by atoms with van der Waals surface area (Å²) in [4.78, 5) is 2.47. The van der Waals surface area contributed by atoms with Crippen molar-refractivity contribution in [1.29, 1.82) is 0 Å². The number of ether oxygens (including phenoxy) is 1. The number of hydrogen-bond acceptors (Lipinski definition) is 3. The van der Waals surface area contributed by atoms with Gasteiger partial charge in [0.1, 0.15) is 0 Å². The summed E-state index contributed by atoms with van der Waals surface area (Å²) in [7, 11) is 1.76. The number of likely N-dealkylation sites (N-methyl/N-ethyl adjacent to an activating group) is 1. The predicted molar refractivity (Wildman–Crippen MR) is 86.1 cm³/mol. The van der Waals surface area contributed by atoms with Crippen LogP contribution in [0, 0.1) is 0 Å². The molecule has 3 heteroatoms. The monoisotopic (exact) mass is 278 g/mol. The van der Waals surface area contributed by atoms with Crippen molar-refractivity contribution in [3.63, 3.8) is 0 Å². The Kier molecular flexibility index (Phi) is 7.20. The van der Waals surface area contributed by atoms with Crippen molar-refractivity contribution >= 4 is 0 Å². The molecule has 0 aromatic heterocycles. The van der Waals surface area contributed by atoms with Gasteiger partial charge in [0.05, 0.1) is 6.61 Å². The lowest BCUT2D eigenvalue weighted by atomic mass is 10.0. The maximum absolute atomic E-state index is 5.24. The Morgan fingerprint density at radius 3 is 2.35 bits per heavy atom. The second-order valence-corrected chi connectivity index (χ2v) is 6.18. The minimum Gasteiger partial charge on any atom is -0.383 e. The van der Waals surface area contributed by atoms with E-state index in [0.717, 1.165) is 26.2 Å². The van der Waals surface area contributed by atoms with Crippen LogP contribution in [0.25, 0.3) is 0 Å². The smallest absolute Gasteiger partial charge is 0.0589 e. The van der Waals surface area contributed by atoms with Gasteiger partial charge in [-0.2, -0.15) is 0 Å². The number of rotatable bonds is 8. The average molecular weight is 278 g/mol. The van der Waals surface area contributed by atoms with Gasteiger partial charge in [-0.15, -0.1) is 0 Å². The standard InChI is InChI=1S/C17H30N2O/c1-6-19(12-13-20-5)16(14-18-17(2,3)4)15-10-8-7-9-11-15/h7-11,16,18H,6,12-14H2,1-5H3. The van der Waals surface area contributed by atoms with Gasteiger partial charge in [-0.1, -0.05) is 37.3 Å². The quantitative estimate of drug-likeness (QED) is 0.791. The highest BCUT2D eigenvalue weighted by Crippen LogP contribution is 2.20. The largest absolute Gasteiger partial charge is 0.383 e. The first-order chi connectivity index (χ1) is 9.48. The summed E-state index contributed by atoms with van der Waals surface area (Å²) in [6, 6.07) is 11.1. The lowest BCUT2D eigenvalue weighted by Crippen LogP contribution is -2.44. The summed E-state index contributed by atoms with van der Waals surface area (Å²) in [5.41, 5.74) is 1.50. The molecule has 0 amide bonds. The van der Waals surface area contributed by atoms with Gasteiger partial charge in [0, 0.05) is 31.8 Å². The Bertz CT molecular complexity index is 359. The Labute approximate surface area is 124 Å². The number of methoxy groups -OCH3 is 1. The highest BCUT2D eigenvalue weighted by Gasteiger charge is 2.21. The minimum atomic E-state index is 0.133. The molecule has 1 aromatic rings.